The van der Waals surface area contributed by atoms with Gasteiger partial charge in [-0.3, -0.25) is 4.79 Å². The molecule has 0 bridgehead atoms. The molecule has 2 heterocycles. The number of nitrogens with one attached hydrogen (secondary N) is 1. The summed E-state index contributed by atoms with van der Waals surface area (Å²) in [7, 11) is 1.78. The van der Waals surface area contributed by atoms with Gasteiger partial charge in [-0.2, -0.15) is 5.10 Å². The standard InChI is InChI=1S/C17H21FN4O2.ClH/c1-21(17(23)8-15-12-24-7-6-19-15)10-13-9-20-22(11-13)16-4-2-14(18)3-5-16;/h2-5,9,11,15,19H,6-8,10,12H2,1H3;1H. The Morgan fingerprint density at radius 1 is 1.44 bits per heavy atom. The molecule has 136 valence electrons. The zero-order valence-electron chi connectivity index (χ0n) is 14.0. The van der Waals surface area contributed by atoms with Crippen LogP contribution in [0.25, 0.3) is 5.69 Å². The van der Waals surface area contributed by atoms with Gasteiger partial charge >= 0.3 is 0 Å². The van der Waals surface area contributed by atoms with E-state index in [-0.39, 0.29) is 30.2 Å². The van der Waals surface area contributed by atoms with E-state index in [2.05, 4.69) is 10.4 Å². The molecule has 1 N–H and O–H groups in total. The second-order valence-corrected chi connectivity index (χ2v) is 5.95. The van der Waals surface area contributed by atoms with Crippen molar-refractivity contribution >= 4 is 18.3 Å². The summed E-state index contributed by atoms with van der Waals surface area (Å²) >= 11 is 0. The normalized spacial score (nSPS) is 17.0. The largest absolute Gasteiger partial charge is 0.378 e. The van der Waals surface area contributed by atoms with E-state index in [0.717, 1.165) is 17.8 Å². The van der Waals surface area contributed by atoms with Crippen molar-refractivity contribution in [1.82, 2.24) is 20.0 Å². The Morgan fingerprint density at radius 2 is 2.20 bits per heavy atom. The van der Waals surface area contributed by atoms with E-state index in [1.165, 1.54) is 12.1 Å². The van der Waals surface area contributed by atoms with Gasteiger partial charge in [-0.05, 0) is 24.3 Å². The van der Waals surface area contributed by atoms with Gasteiger partial charge in [0.1, 0.15) is 5.82 Å². The van der Waals surface area contributed by atoms with Crippen molar-refractivity contribution in [2.24, 2.45) is 0 Å². The Balaban J connectivity index is 0.00000225. The van der Waals surface area contributed by atoms with Gasteiger partial charge in [-0.1, -0.05) is 0 Å². The lowest BCUT2D eigenvalue weighted by atomic mass is 10.2. The molecule has 1 fully saturated rings. The fourth-order valence-electron chi connectivity index (χ4n) is 2.66. The molecule has 8 heteroatoms. The Labute approximate surface area is 152 Å². The summed E-state index contributed by atoms with van der Waals surface area (Å²) in [5.74, 6) is -0.218. The van der Waals surface area contributed by atoms with Crippen LogP contribution in [-0.4, -0.2) is 53.4 Å². The van der Waals surface area contributed by atoms with Gasteiger partial charge < -0.3 is 15.0 Å². The molecule has 0 saturated carbocycles. The molecule has 1 unspecified atom stereocenters. The van der Waals surface area contributed by atoms with Crippen LogP contribution in [0.15, 0.2) is 36.7 Å². The predicted octanol–water partition coefficient (Wildman–Crippen LogP) is 1.77. The van der Waals surface area contributed by atoms with Gasteiger partial charge in [-0.25, -0.2) is 9.07 Å². The van der Waals surface area contributed by atoms with E-state index in [1.54, 1.807) is 35.0 Å². The molecular weight excluding hydrogens is 347 g/mol. The molecule has 6 nitrogen and oxygen atoms in total. The molecule has 1 aliphatic heterocycles. The number of nitrogens with zero attached hydrogens (tertiary/aromatic N) is 3. The molecule has 2 aromatic rings. The van der Waals surface area contributed by atoms with Gasteiger partial charge in [0.15, 0.2) is 0 Å². The number of carbonyl (C=O) groups is 1. The maximum Gasteiger partial charge on any atom is 0.224 e. The highest BCUT2D eigenvalue weighted by Gasteiger charge is 2.19. The number of amides is 1. The number of hydrogen-bond acceptors (Lipinski definition) is 4. The van der Waals surface area contributed by atoms with Gasteiger partial charge in [0.05, 0.1) is 25.1 Å². The Morgan fingerprint density at radius 3 is 2.88 bits per heavy atom. The maximum absolute atomic E-state index is 13.0. The first kappa shape index (κ1) is 19.4. The van der Waals surface area contributed by atoms with E-state index in [1.807, 2.05) is 6.20 Å². The fourth-order valence-corrected chi connectivity index (χ4v) is 2.66. The summed E-state index contributed by atoms with van der Waals surface area (Å²) in [6.07, 6.45) is 3.98. The van der Waals surface area contributed by atoms with Crippen LogP contribution in [0.2, 0.25) is 0 Å². The quantitative estimate of drug-likeness (QED) is 0.873. The maximum atomic E-state index is 13.0. The molecule has 1 amide bonds. The minimum Gasteiger partial charge on any atom is -0.378 e. The van der Waals surface area contributed by atoms with Crippen LogP contribution in [0.4, 0.5) is 4.39 Å². The third kappa shape index (κ3) is 5.26. The van der Waals surface area contributed by atoms with Crippen LogP contribution in [0.3, 0.4) is 0 Å². The fraction of sp³-hybridized carbons (Fsp3) is 0.412. The molecule has 3 rings (SSSR count). The number of carbonyl (C=O) groups excluding carboxylic acids is 1. The van der Waals surface area contributed by atoms with Crippen molar-refractivity contribution in [3.8, 4) is 5.69 Å². The molecule has 25 heavy (non-hydrogen) atoms. The summed E-state index contributed by atoms with van der Waals surface area (Å²) in [5.41, 5.74) is 1.70. The first-order valence-electron chi connectivity index (χ1n) is 7.96. The molecular formula is C17H22ClFN4O2. The van der Waals surface area contributed by atoms with E-state index in [0.29, 0.717) is 26.2 Å². The van der Waals surface area contributed by atoms with Crippen molar-refractivity contribution in [2.75, 3.05) is 26.8 Å². The highest BCUT2D eigenvalue weighted by atomic mass is 35.5. The van der Waals surface area contributed by atoms with E-state index < -0.39 is 0 Å². The van der Waals surface area contributed by atoms with Gasteiger partial charge in [0, 0.05) is 44.4 Å². The lowest BCUT2D eigenvalue weighted by Gasteiger charge is -2.25. The van der Waals surface area contributed by atoms with Gasteiger partial charge in [-0.15, -0.1) is 12.4 Å². The van der Waals surface area contributed by atoms with Gasteiger partial charge in [0.2, 0.25) is 5.91 Å². The van der Waals surface area contributed by atoms with Crippen LogP contribution in [-0.2, 0) is 16.1 Å². The third-order valence-electron chi connectivity index (χ3n) is 3.99. The predicted molar refractivity (Wildman–Crippen MR) is 94.5 cm³/mol. The van der Waals surface area contributed by atoms with Crippen LogP contribution in [0, 0.1) is 5.82 Å². The second kappa shape index (κ2) is 8.94. The van der Waals surface area contributed by atoms with Crippen molar-refractivity contribution in [1.29, 1.82) is 0 Å². The summed E-state index contributed by atoms with van der Waals surface area (Å²) in [6, 6.07) is 6.19. The number of aromatic nitrogens is 2. The highest BCUT2D eigenvalue weighted by Crippen LogP contribution is 2.11. The number of halogens is 2. The topological polar surface area (TPSA) is 59.4 Å². The molecule has 1 aromatic heterocycles. The molecule has 1 aliphatic rings. The average molecular weight is 369 g/mol. The molecule has 0 aliphatic carbocycles. The smallest absolute Gasteiger partial charge is 0.224 e. The SMILES string of the molecule is CN(Cc1cnn(-c2ccc(F)cc2)c1)C(=O)CC1COCCN1.Cl. The number of benzene rings is 1. The monoisotopic (exact) mass is 368 g/mol. The zero-order chi connectivity index (χ0) is 16.9. The van der Waals surface area contributed by atoms with Crippen molar-refractivity contribution in [3.05, 3.63) is 48.0 Å². The minimum absolute atomic E-state index is 0. The molecule has 0 radical (unpaired) electrons. The summed E-state index contributed by atoms with van der Waals surface area (Å²) in [4.78, 5) is 14.0. The first-order chi connectivity index (χ1) is 11.6. The molecule has 1 atom stereocenters. The summed E-state index contributed by atoms with van der Waals surface area (Å²) in [5, 5.41) is 7.55. The van der Waals surface area contributed by atoms with Crippen LogP contribution < -0.4 is 5.32 Å². The lowest BCUT2D eigenvalue weighted by Crippen LogP contribution is -2.44. The van der Waals surface area contributed by atoms with Crippen LogP contribution in [0.1, 0.15) is 12.0 Å². The average Bonchev–Trinajstić information content (AvgIpc) is 3.05. The second-order valence-electron chi connectivity index (χ2n) is 5.95. The number of hydrogen-bond donors (Lipinski definition) is 1. The minimum atomic E-state index is -0.281. The molecule has 0 spiro atoms. The number of rotatable bonds is 5. The van der Waals surface area contributed by atoms with Crippen molar-refractivity contribution in [2.45, 2.75) is 19.0 Å². The molecule has 1 aromatic carbocycles. The summed E-state index contributed by atoms with van der Waals surface area (Å²) < 4.78 is 20.0. The van der Waals surface area contributed by atoms with Gasteiger partial charge in [0.25, 0.3) is 0 Å². The Hall–Kier alpha value is -1.96. The van der Waals surface area contributed by atoms with Crippen LogP contribution in [0.5, 0.6) is 0 Å². The van der Waals surface area contributed by atoms with E-state index >= 15 is 0 Å². The van der Waals surface area contributed by atoms with Crippen molar-refractivity contribution in [3.63, 3.8) is 0 Å². The third-order valence-corrected chi connectivity index (χ3v) is 3.99. The Bertz CT molecular complexity index is 686. The molecule has 1 saturated heterocycles. The van der Waals surface area contributed by atoms with Crippen LogP contribution >= 0.6 is 12.4 Å². The number of morpholine rings is 1. The van der Waals surface area contributed by atoms with E-state index in [4.69, 9.17) is 4.74 Å². The lowest BCUT2D eigenvalue weighted by molar-refractivity contribution is -0.131. The number of ether oxygens (including phenoxy) is 1. The summed E-state index contributed by atoms with van der Waals surface area (Å²) in [6.45, 7) is 2.53. The first-order valence-corrected chi connectivity index (χ1v) is 7.96. The van der Waals surface area contributed by atoms with Crippen molar-refractivity contribution < 1.29 is 13.9 Å². The highest BCUT2D eigenvalue weighted by molar-refractivity contribution is 5.85. The van der Waals surface area contributed by atoms with E-state index in [9.17, 15) is 9.18 Å². The Kier molecular flexibility index (Phi) is 6.92. The zero-order valence-corrected chi connectivity index (χ0v) is 14.8.